The number of non-ortho nitro benzene ring substituents is 1. The minimum absolute atomic E-state index is 0.0233. The van der Waals surface area contributed by atoms with E-state index in [2.05, 4.69) is 20.3 Å². The highest BCUT2D eigenvalue weighted by Gasteiger charge is 2.31. The molecule has 3 aromatic rings. The fourth-order valence-corrected chi connectivity index (χ4v) is 3.25. The molecule has 0 fully saturated rings. The standard InChI is InChI=1S/C16H12F3N5O3S/c1-10(11-3-2-4-13(9-11)24(25)26)28-15-20-21-22-23(15)12-5-7-14(8-6-12)27-16(17,18)19/h2-10H,1H3. The SMILES string of the molecule is CC(Sc1nnnn1-c1ccc(OC(F)(F)F)cc1)c1cccc([N+](=O)[O-])c1. The molecule has 0 saturated heterocycles. The second-order valence-corrected chi connectivity index (χ2v) is 6.84. The normalized spacial score (nSPS) is 12.6. The molecule has 0 bridgehead atoms. The van der Waals surface area contributed by atoms with Gasteiger partial charge in [-0.1, -0.05) is 23.9 Å². The number of thioether (sulfide) groups is 1. The van der Waals surface area contributed by atoms with Crippen LogP contribution in [0.3, 0.4) is 0 Å². The maximum Gasteiger partial charge on any atom is 0.573 e. The molecule has 12 heteroatoms. The van der Waals surface area contributed by atoms with E-state index in [1.165, 1.54) is 40.7 Å². The minimum Gasteiger partial charge on any atom is -0.406 e. The Labute approximate surface area is 160 Å². The van der Waals surface area contributed by atoms with Crippen LogP contribution in [0.25, 0.3) is 5.69 Å². The van der Waals surface area contributed by atoms with Crippen LogP contribution in [-0.4, -0.2) is 31.5 Å². The Kier molecular flexibility index (Phi) is 5.49. The van der Waals surface area contributed by atoms with Crippen molar-refractivity contribution in [3.63, 3.8) is 0 Å². The van der Waals surface area contributed by atoms with Gasteiger partial charge >= 0.3 is 6.36 Å². The quantitative estimate of drug-likeness (QED) is 0.338. The largest absolute Gasteiger partial charge is 0.573 e. The fraction of sp³-hybridized carbons (Fsp3) is 0.188. The van der Waals surface area contributed by atoms with E-state index >= 15 is 0 Å². The molecule has 0 aliphatic carbocycles. The average Bonchev–Trinajstić information content (AvgIpc) is 3.09. The van der Waals surface area contributed by atoms with E-state index in [0.717, 1.165) is 12.1 Å². The highest BCUT2D eigenvalue weighted by Crippen LogP contribution is 2.35. The van der Waals surface area contributed by atoms with E-state index in [0.29, 0.717) is 16.4 Å². The molecule has 8 nitrogen and oxygen atoms in total. The summed E-state index contributed by atoms with van der Waals surface area (Å²) < 4.78 is 42.0. The van der Waals surface area contributed by atoms with Gasteiger partial charge in [-0.2, -0.15) is 4.68 Å². The molecule has 146 valence electrons. The van der Waals surface area contributed by atoms with Crippen molar-refractivity contribution in [1.29, 1.82) is 0 Å². The number of tetrazole rings is 1. The average molecular weight is 411 g/mol. The number of nitro benzene ring substituents is 1. The zero-order valence-electron chi connectivity index (χ0n) is 14.2. The smallest absolute Gasteiger partial charge is 0.406 e. The highest BCUT2D eigenvalue weighted by molar-refractivity contribution is 7.99. The summed E-state index contributed by atoms with van der Waals surface area (Å²) in [5, 5.41) is 22.5. The summed E-state index contributed by atoms with van der Waals surface area (Å²) in [5.74, 6) is -0.358. The number of halogens is 3. The molecule has 0 aliphatic rings. The van der Waals surface area contributed by atoms with Crippen LogP contribution in [0.2, 0.25) is 0 Å². The summed E-state index contributed by atoms with van der Waals surface area (Å²) in [6.45, 7) is 1.84. The second-order valence-electron chi connectivity index (χ2n) is 5.53. The molecule has 0 amide bonds. The van der Waals surface area contributed by atoms with Crippen LogP contribution >= 0.6 is 11.8 Å². The molecule has 2 aromatic carbocycles. The Bertz CT molecular complexity index is 978. The van der Waals surface area contributed by atoms with Gasteiger partial charge in [0.1, 0.15) is 5.75 Å². The predicted molar refractivity (Wildman–Crippen MR) is 93.2 cm³/mol. The molecule has 0 N–H and O–H groups in total. The molecule has 1 heterocycles. The van der Waals surface area contributed by atoms with Crippen molar-refractivity contribution in [3.05, 3.63) is 64.2 Å². The number of aromatic nitrogens is 4. The van der Waals surface area contributed by atoms with Crippen LogP contribution < -0.4 is 4.74 Å². The van der Waals surface area contributed by atoms with Crippen LogP contribution in [0.5, 0.6) is 5.75 Å². The molecule has 0 aliphatic heterocycles. The van der Waals surface area contributed by atoms with E-state index in [4.69, 9.17) is 0 Å². The van der Waals surface area contributed by atoms with E-state index in [1.54, 1.807) is 12.1 Å². The first-order valence-electron chi connectivity index (χ1n) is 7.78. The Morgan fingerprint density at radius 2 is 1.93 bits per heavy atom. The van der Waals surface area contributed by atoms with Gasteiger partial charge in [-0.25, -0.2) is 0 Å². The summed E-state index contributed by atoms with van der Waals surface area (Å²) >= 11 is 1.25. The number of ether oxygens (including phenoxy) is 1. The predicted octanol–water partition coefficient (Wildman–Crippen LogP) is 4.32. The zero-order valence-corrected chi connectivity index (χ0v) is 15.0. The number of nitro groups is 1. The lowest BCUT2D eigenvalue weighted by Gasteiger charge is -2.12. The molecule has 3 rings (SSSR count). The maximum absolute atomic E-state index is 12.3. The number of hydrogen-bond donors (Lipinski definition) is 0. The summed E-state index contributed by atoms with van der Waals surface area (Å²) in [7, 11) is 0. The zero-order chi connectivity index (χ0) is 20.3. The van der Waals surface area contributed by atoms with Gasteiger partial charge < -0.3 is 4.74 Å². The Hall–Kier alpha value is -3.15. The van der Waals surface area contributed by atoms with E-state index in [9.17, 15) is 23.3 Å². The second kappa shape index (κ2) is 7.84. The summed E-state index contributed by atoms with van der Waals surface area (Å²) in [4.78, 5) is 10.5. The lowest BCUT2D eigenvalue weighted by atomic mass is 10.1. The molecule has 1 atom stereocenters. The molecule has 1 aromatic heterocycles. The third-order valence-corrected chi connectivity index (χ3v) is 4.68. The molecule has 1 unspecified atom stereocenters. The minimum atomic E-state index is -4.77. The molecule has 28 heavy (non-hydrogen) atoms. The third kappa shape index (κ3) is 4.76. The van der Waals surface area contributed by atoms with Crippen molar-refractivity contribution in [2.45, 2.75) is 23.7 Å². The Balaban J connectivity index is 1.78. The maximum atomic E-state index is 12.3. The van der Waals surface area contributed by atoms with Crippen molar-refractivity contribution >= 4 is 17.4 Å². The monoisotopic (exact) mass is 411 g/mol. The fourth-order valence-electron chi connectivity index (χ4n) is 2.32. The van der Waals surface area contributed by atoms with Gasteiger partial charge in [0, 0.05) is 17.4 Å². The Morgan fingerprint density at radius 3 is 2.57 bits per heavy atom. The van der Waals surface area contributed by atoms with Crippen molar-refractivity contribution in [3.8, 4) is 11.4 Å². The van der Waals surface area contributed by atoms with Gasteiger partial charge in [-0.15, -0.1) is 18.3 Å². The van der Waals surface area contributed by atoms with Crippen LogP contribution in [0.15, 0.2) is 53.7 Å². The van der Waals surface area contributed by atoms with Crippen molar-refractivity contribution in [2.24, 2.45) is 0 Å². The molecular formula is C16H12F3N5O3S. The summed E-state index contributed by atoms with van der Waals surface area (Å²) in [5.41, 5.74) is 1.13. The number of rotatable bonds is 6. The van der Waals surface area contributed by atoms with Crippen LogP contribution in [0, 0.1) is 10.1 Å². The lowest BCUT2D eigenvalue weighted by Crippen LogP contribution is -2.17. The van der Waals surface area contributed by atoms with Crippen LogP contribution in [-0.2, 0) is 0 Å². The van der Waals surface area contributed by atoms with Gasteiger partial charge in [0.15, 0.2) is 0 Å². The van der Waals surface area contributed by atoms with Gasteiger partial charge in [0.05, 0.1) is 10.6 Å². The third-order valence-electron chi connectivity index (χ3n) is 3.59. The molecular weight excluding hydrogens is 399 g/mol. The van der Waals surface area contributed by atoms with Crippen molar-refractivity contribution < 1.29 is 22.8 Å². The summed E-state index contributed by atoms with van der Waals surface area (Å²) in [6.07, 6.45) is -4.77. The molecule has 0 saturated carbocycles. The number of hydrogen-bond acceptors (Lipinski definition) is 7. The topological polar surface area (TPSA) is 96.0 Å². The molecule has 0 spiro atoms. The van der Waals surface area contributed by atoms with E-state index < -0.39 is 11.3 Å². The van der Waals surface area contributed by atoms with E-state index in [1.807, 2.05) is 6.92 Å². The van der Waals surface area contributed by atoms with Crippen LogP contribution in [0.4, 0.5) is 18.9 Å². The van der Waals surface area contributed by atoms with Crippen molar-refractivity contribution in [2.75, 3.05) is 0 Å². The number of benzene rings is 2. The first-order valence-corrected chi connectivity index (χ1v) is 8.66. The van der Waals surface area contributed by atoms with E-state index in [-0.39, 0.29) is 16.7 Å². The highest BCUT2D eigenvalue weighted by atomic mass is 32.2. The van der Waals surface area contributed by atoms with Crippen molar-refractivity contribution in [1.82, 2.24) is 20.2 Å². The first-order chi connectivity index (χ1) is 13.2. The van der Waals surface area contributed by atoms with Gasteiger partial charge in [-0.3, -0.25) is 10.1 Å². The van der Waals surface area contributed by atoms with Gasteiger partial charge in [0.25, 0.3) is 5.69 Å². The number of nitrogens with zero attached hydrogens (tertiary/aromatic N) is 5. The van der Waals surface area contributed by atoms with Crippen LogP contribution in [0.1, 0.15) is 17.7 Å². The lowest BCUT2D eigenvalue weighted by molar-refractivity contribution is -0.384. The summed E-state index contributed by atoms with van der Waals surface area (Å²) in [6, 6.07) is 11.3. The van der Waals surface area contributed by atoms with Gasteiger partial charge in [-0.05, 0) is 47.2 Å². The Morgan fingerprint density at radius 1 is 1.21 bits per heavy atom. The molecule has 0 radical (unpaired) electrons. The number of alkyl halides is 3. The first kappa shape index (κ1) is 19.6. The van der Waals surface area contributed by atoms with Gasteiger partial charge in [0.2, 0.25) is 5.16 Å².